The molecule has 4 heteroatoms. The van der Waals surface area contributed by atoms with Crippen LogP contribution in [-0.2, 0) is 9.47 Å². The Bertz CT molecular complexity index is 624. The van der Waals surface area contributed by atoms with Gasteiger partial charge in [0.2, 0.25) is 0 Å². The van der Waals surface area contributed by atoms with Gasteiger partial charge < -0.3 is 14.2 Å². The molecule has 0 bridgehead atoms. The van der Waals surface area contributed by atoms with Crippen LogP contribution in [0.2, 0.25) is 0 Å². The smallest absolute Gasteiger partial charge is 0.198 e. The number of benzene rings is 2. The number of carbonyl (C=O) groups excluding carboxylic acids is 1. The summed E-state index contributed by atoms with van der Waals surface area (Å²) in [5, 5.41) is 0. The molecule has 2 aromatic rings. The highest BCUT2D eigenvalue weighted by Crippen LogP contribution is 2.41. The zero-order valence-corrected chi connectivity index (χ0v) is 11.7. The van der Waals surface area contributed by atoms with Crippen molar-refractivity contribution >= 4 is 5.78 Å². The molecule has 2 aromatic carbocycles. The molecule has 0 aliphatic carbocycles. The monoisotopic (exact) mass is 284 g/mol. The van der Waals surface area contributed by atoms with Crippen LogP contribution in [0.15, 0.2) is 54.6 Å². The van der Waals surface area contributed by atoms with Crippen LogP contribution in [0.25, 0.3) is 0 Å². The largest absolute Gasteiger partial charge is 0.467 e. The Morgan fingerprint density at radius 3 is 2.57 bits per heavy atom. The molecule has 4 nitrogen and oxygen atoms in total. The van der Waals surface area contributed by atoms with E-state index < -0.39 is 6.10 Å². The Balaban J connectivity index is 1.75. The molecule has 3 rings (SSSR count). The molecule has 1 aliphatic rings. The number of methoxy groups -OCH3 is 1. The average molecular weight is 284 g/mol. The van der Waals surface area contributed by atoms with E-state index in [0.717, 1.165) is 5.56 Å². The van der Waals surface area contributed by atoms with Gasteiger partial charge in [0.05, 0.1) is 5.56 Å². The summed E-state index contributed by atoms with van der Waals surface area (Å²) in [7, 11) is 1.54. The SMILES string of the molecule is COCOc1ccccc1C(=O)[C@@H]1O[C@H]1c1ccccc1. The van der Waals surface area contributed by atoms with Gasteiger partial charge in [-0.2, -0.15) is 0 Å². The van der Waals surface area contributed by atoms with Gasteiger partial charge in [0.1, 0.15) is 11.9 Å². The van der Waals surface area contributed by atoms with Crippen molar-refractivity contribution in [3.05, 3.63) is 65.7 Å². The summed E-state index contributed by atoms with van der Waals surface area (Å²) in [5.74, 6) is 0.460. The van der Waals surface area contributed by atoms with Gasteiger partial charge in [0, 0.05) is 7.11 Å². The first-order valence-electron chi connectivity index (χ1n) is 6.76. The van der Waals surface area contributed by atoms with Crippen LogP contribution in [0.5, 0.6) is 5.75 Å². The van der Waals surface area contributed by atoms with Crippen molar-refractivity contribution in [3.63, 3.8) is 0 Å². The van der Waals surface area contributed by atoms with E-state index in [1.54, 1.807) is 19.2 Å². The summed E-state index contributed by atoms with van der Waals surface area (Å²) in [5.41, 5.74) is 1.55. The highest BCUT2D eigenvalue weighted by Gasteiger charge is 2.46. The molecule has 0 amide bonds. The Kier molecular flexibility index (Phi) is 3.99. The van der Waals surface area contributed by atoms with E-state index in [1.165, 1.54) is 0 Å². The number of hydrogen-bond donors (Lipinski definition) is 0. The fraction of sp³-hybridized carbons (Fsp3) is 0.235. The number of Topliss-reactive ketones (excluding diaryl/α,β-unsaturated/α-hetero) is 1. The molecule has 0 aromatic heterocycles. The van der Waals surface area contributed by atoms with Crippen molar-refractivity contribution in [1.82, 2.24) is 0 Å². The fourth-order valence-corrected chi connectivity index (χ4v) is 2.28. The first-order chi connectivity index (χ1) is 10.3. The second kappa shape index (κ2) is 6.08. The molecule has 0 N–H and O–H groups in total. The Morgan fingerprint density at radius 2 is 1.81 bits per heavy atom. The Hall–Kier alpha value is -2.17. The van der Waals surface area contributed by atoms with Gasteiger partial charge >= 0.3 is 0 Å². The van der Waals surface area contributed by atoms with Gasteiger partial charge in [-0.3, -0.25) is 4.79 Å². The van der Waals surface area contributed by atoms with Crippen molar-refractivity contribution in [3.8, 4) is 5.75 Å². The molecule has 1 saturated heterocycles. The number of rotatable bonds is 6. The lowest BCUT2D eigenvalue weighted by atomic mass is 10.0. The third-order valence-electron chi connectivity index (χ3n) is 3.36. The zero-order valence-electron chi connectivity index (χ0n) is 11.7. The van der Waals surface area contributed by atoms with E-state index in [0.29, 0.717) is 11.3 Å². The second-order valence-corrected chi connectivity index (χ2v) is 4.80. The second-order valence-electron chi connectivity index (χ2n) is 4.80. The van der Waals surface area contributed by atoms with E-state index in [1.807, 2.05) is 42.5 Å². The third-order valence-corrected chi connectivity index (χ3v) is 3.36. The molecule has 0 unspecified atom stereocenters. The lowest BCUT2D eigenvalue weighted by molar-refractivity contribution is 0.0501. The first-order valence-corrected chi connectivity index (χ1v) is 6.76. The number of ether oxygens (including phenoxy) is 3. The van der Waals surface area contributed by atoms with Crippen molar-refractivity contribution in [2.45, 2.75) is 12.2 Å². The van der Waals surface area contributed by atoms with Crippen molar-refractivity contribution < 1.29 is 19.0 Å². The number of epoxide rings is 1. The van der Waals surface area contributed by atoms with Crippen molar-refractivity contribution in [1.29, 1.82) is 0 Å². The zero-order chi connectivity index (χ0) is 14.7. The predicted octanol–water partition coefficient (Wildman–Crippen LogP) is 2.99. The van der Waals surface area contributed by atoms with Gasteiger partial charge in [-0.15, -0.1) is 0 Å². The topological polar surface area (TPSA) is 48.1 Å². The van der Waals surface area contributed by atoms with Crippen LogP contribution in [-0.4, -0.2) is 25.8 Å². The summed E-state index contributed by atoms with van der Waals surface area (Å²) in [6, 6.07) is 16.9. The summed E-state index contributed by atoms with van der Waals surface area (Å²) >= 11 is 0. The molecule has 2 atom stereocenters. The number of hydrogen-bond acceptors (Lipinski definition) is 4. The first kappa shape index (κ1) is 13.8. The molecule has 1 heterocycles. The van der Waals surface area contributed by atoms with E-state index in [4.69, 9.17) is 14.2 Å². The minimum Gasteiger partial charge on any atom is -0.467 e. The normalized spacial score (nSPS) is 20.0. The molecule has 108 valence electrons. The lowest BCUT2D eigenvalue weighted by Gasteiger charge is -2.08. The highest BCUT2D eigenvalue weighted by atomic mass is 16.7. The van der Waals surface area contributed by atoms with Gasteiger partial charge in [-0.05, 0) is 17.7 Å². The summed E-state index contributed by atoms with van der Waals surface area (Å²) in [4.78, 5) is 12.5. The quantitative estimate of drug-likeness (QED) is 0.465. The van der Waals surface area contributed by atoms with E-state index >= 15 is 0 Å². The average Bonchev–Trinajstić information content (AvgIpc) is 3.34. The summed E-state index contributed by atoms with van der Waals surface area (Å²) in [6.07, 6.45) is -0.589. The molecule has 1 fully saturated rings. The van der Waals surface area contributed by atoms with E-state index in [-0.39, 0.29) is 18.7 Å². The number of para-hydroxylation sites is 1. The molecular formula is C17H16O4. The third kappa shape index (κ3) is 2.96. The van der Waals surface area contributed by atoms with Gasteiger partial charge in [0.25, 0.3) is 0 Å². The molecule has 21 heavy (non-hydrogen) atoms. The van der Waals surface area contributed by atoms with Crippen LogP contribution >= 0.6 is 0 Å². The molecule has 0 saturated carbocycles. The Morgan fingerprint density at radius 1 is 1.10 bits per heavy atom. The van der Waals surface area contributed by atoms with E-state index in [9.17, 15) is 4.79 Å². The van der Waals surface area contributed by atoms with Gasteiger partial charge in [-0.25, -0.2) is 0 Å². The van der Waals surface area contributed by atoms with Crippen molar-refractivity contribution in [2.24, 2.45) is 0 Å². The maximum absolute atomic E-state index is 12.5. The Labute approximate surface area is 123 Å². The number of carbonyl (C=O) groups is 1. The highest BCUT2D eigenvalue weighted by molar-refractivity contribution is 6.03. The molecule has 0 spiro atoms. The minimum atomic E-state index is -0.431. The van der Waals surface area contributed by atoms with E-state index in [2.05, 4.69) is 0 Å². The van der Waals surface area contributed by atoms with Crippen LogP contribution in [0.4, 0.5) is 0 Å². The lowest BCUT2D eigenvalue weighted by Crippen LogP contribution is -2.11. The van der Waals surface area contributed by atoms with Crippen LogP contribution in [0.3, 0.4) is 0 Å². The summed E-state index contributed by atoms with van der Waals surface area (Å²) in [6.45, 7) is 0.109. The standard InChI is InChI=1S/C17H16O4/c1-19-11-20-14-10-6-5-9-13(14)15(18)17-16(21-17)12-7-3-2-4-8-12/h2-10,16-17H,11H2,1H3/t16-,17-/m0/s1. The van der Waals surface area contributed by atoms with Gasteiger partial charge in [-0.1, -0.05) is 42.5 Å². The fourth-order valence-electron chi connectivity index (χ4n) is 2.28. The maximum atomic E-state index is 12.5. The van der Waals surface area contributed by atoms with Crippen LogP contribution < -0.4 is 4.74 Å². The minimum absolute atomic E-state index is 0.0597. The van der Waals surface area contributed by atoms with Crippen molar-refractivity contribution in [2.75, 3.05) is 13.9 Å². The predicted molar refractivity (Wildman–Crippen MR) is 77.3 cm³/mol. The molecular weight excluding hydrogens is 268 g/mol. The number of ketones is 1. The van der Waals surface area contributed by atoms with Gasteiger partial charge in [0.15, 0.2) is 18.7 Å². The van der Waals surface area contributed by atoms with Crippen LogP contribution in [0, 0.1) is 0 Å². The molecule has 0 radical (unpaired) electrons. The summed E-state index contributed by atoms with van der Waals surface area (Å²) < 4.78 is 15.9. The maximum Gasteiger partial charge on any atom is 0.198 e. The van der Waals surface area contributed by atoms with Crippen LogP contribution in [0.1, 0.15) is 22.0 Å². The molecule has 1 aliphatic heterocycles.